The maximum atomic E-state index is 13.2. The van der Waals surface area contributed by atoms with Crippen LogP contribution in [0.1, 0.15) is 22.7 Å². The molecule has 0 aliphatic rings. The summed E-state index contributed by atoms with van der Waals surface area (Å²) in [5.74, 6) is 0.475. The zero-order valence-corrected chi connectivity index (χ0v) is 19.3. The summed E-state index contributed by atoms with van der Waals surface area (Å²) in [5.41, 5.74) is 4.94. The summed E-state index contributed by atoms with van der Waals surface area (Å²) in [4.78, 5) is 20.8. The van der Waals surface area contributed by atoms with Gasteiger partial charge >= 0.3 is 0 Å². The van der Waals surface area contributed by atoms with Gasteiger partial charge in [0.25, 0.3) is 0 Å². The van der Waals surface area contributed by atoms with Crippen LogP contribution in [0, 0.1) is 6.92 Å². The van der Waals surface area contributed by atoms with E-state index in [2.05, 4.69) is 20.6 Å². The quantitative estimate of drug-likeness (QED) is 0.286. The van der Waals surface area contributed by atoms with Crippen molar-refractivity contribution in [3.63, 3.8) is 0 Å². The molecule has 33 heavy (non-hydrogen) atoms. The first kappa shape index (κ1) is 22.8. The number of imidazole rings is 1. The number of nitrogens with one attached hydrogen (secondary N) is 3. The van der Waals surface area contributed by atoms with Crippen molar-refractivity contribution < 1.29 is 4.79 Å². The van der Waals surface area contributed by atoms with E-state index in [-0.39, 0.29) is 11.8 Å². The lowest BCUT2D eigenvalue weighted by molar-refractivity contribution is -0.117. The number of aryl methyl sites for hydroxylation is 1. The highest BCUT2D eigenvalue weighted by atomic mass is 35.5. The normalized spacial score (nSPS) is 11.8. The smallest absolute Gasteiger partial charge is 0.233 e. The number of H-pyrrole nitrogens is 1. The Morgan fingerprint density at radius 2 is 1.73 bits per heavy atom. The Bertz CT molecular complexity index is 1170. The molecular formula is C27H27ClN4O. The fraction of sp³-hybridized carbons (Fsp3) is 0.185. The monoisotopic (exact) mass is 458 g/mol. The van der Waals surface area contributed by atoms with Crippen LogP contribution in [0.4, 0.5) is 5.69 Å². The van der Waals surface area contributed by atoms with Crippen LogP contribution in [0.2, 0.25) is 5.02 Å². The minimum Gasteiger partial charge on any atom is -0.342 e. The summed E-state index contributed by atoms with van der Waals surface area (Å²) in [6.07, 6.45) is 2.67. The molecule has 0 aliphatic carbocycles. The molecule has 0 spiro atoms. The molecule has 1 heterocycles. The minimum absolute atomic E-state index is 0.0400. The van der Waals surface area contributed by atoms with Gasteiger partial charge in [-0.2, -0.15) is 0 Å². The Kier molecular flexibility index (Phi) is 7.55. The number of anilines is 1. The van der Waals surface area contributed by atoms with Crippen molar-refractivity contribution in [1.82, 2.24) is 15.3 Å². The van der Waals surface area contributed by atoms with Crippen LogP contribution in [0.5, 0.6) is 0 Å². The van der Waals surface area contributed by atoms with E-state index >= 15 is 0 Å². The Morgan fingerprint density at radius 3 is 2.39 bits per heavy atom. The molecule has 4 rings (SSSR count). The van der Waals surface area contributed by atoms with Crippen LogP contribution in [0.15, 0.2) is 85.1 Å². The second-order valence-electron chi connectivity index (χ2n) is 8.03. The van der Waals surface area contributed by atoms with E-state index in [1.54, 1.807) is 6.20 Å². The van der Waals surface area contributed by atoms with Crippen LogP contribution in [0.25, 0.3) is 11.4 Å². The van der Waals surface area contributed by atoms with Gasteiger partial charge in [-0.1, -0.05) is 54.1 Å². The molecule has 0 saturated heterocycles. The average molecular weight is 459 g/mol. The van der Waals surface area contributed by atoms with Gasteiger partial charge in [-0.05, 0) is 67.4 Å². The van der Waals surface area contributed by atoms with Gasteiger partial charge in [-0.25, -0.2) is 4.98 Å². The first-order valence-corrected chi connectivity index (χ1v) is 11.4. The summed E-state index contributed by atoms with van der Waals surface area (Å²) in [6, 6.07) is 25.4. The number of hydrogen-bond acceptors (Lipinski definition) is 3. The van der Waals surface area contributed by atoms with Crippen molar-refractivity contribution in [2.24, 2.45) is 0 Å². The van der Waals surface area contributed by atoms with Crippen LogP contribution in [-0.2, 0) is 11.2 Å². The zero-order valence-electron chi connectivity index (χ0n) is 18.5. The second kappa shape index (κ2) is 10.9. The van der Waals surface area contributed by atoms with Gasteiger partial charge in [0.1, 0.15) is 5.82 Å². The molecule has 3 N–H and O–H groups in total. The third-order valence-electron chi connectivity index (χ3n) is 5.50. The average Bonchev–Trinajstić information content (AvgIpc) is 3.27. The van der Waals surface area contributed by atoms with E-state index in [9.17, 15) is 4.79 Å². The number of halogens is 1. The predicted molar refractivity (Wildman–Crippen MR) is 135 cm³/mol. The minimum atomic E-state index is -0.302. The molecule has 6 heteroatoms. The van der Waals surface area contributed by atoms with Gasteiger partial charge in [0.05, 0.1) is 5.92 Å². The molecule has 1 atom stereocenters. The highest BCUT2D eigenvalue weighted by molar-refractivity contribution is 6.30. The van der Waals surface area contributed by atoms with E-state index < -0.39 is 0 Å². The molecular weight excluding hydrogens is 432 g/mol. The molecule has 0 radical (unpaired) electrons. The van der Waals surface area contributed by atoms with E-state index in [1.807, 2.05) is 85.8 Å². The summed E-state index contributed by atoms with van der Waals surface area (Å²) in [5, 5.41) is 7.24. The SMILES string of the molecule is Cc1cnc(-c2ccc(NC(=O)C(CNCCc3ccc(Cl)cc3)c3ccccc3)cc2)[nH]1. The number of hydrogen-bond donors (Lipinski definition) is 3. The van der Waals surface area contributed by atoms with Crippen molar-refractivity contribution >= 4 is 23.2 Å². The zero-order chi connectivity index (χ0) is 23.0. The van der Waals surface area contributed by atoms with Crippen LogP contribution >= 0.6 is 11.6 Å². The lowest BCUT2D eigenvalue weighted by atomic mass is 9.97. The summed E-state index contributed by atoms with van der Waals surface area (Å²) in [7, 11) is 0. The van der Waals surface area contributed by atoms with Crippen LogP contribution < -0.4 is 10.6 Å². The fourth-order valence-corrected chi connectivity index (χ4v) is 3.80. The van der Waals surface area contributed by atoms with E-state index in [1.165, 1.54) is 5.56 Å². The van der Waals surface area contributed by atoms with E-state index in [0.717, 1.165) is 46.3 Å². The van der Waals surface area contributed by atoms with E-state index in [4.69, 9.17) is 11.6 Å². The van der Waals surface area contributed by atoms with Gasteiger partial charge in [-0.3, -0.25) is 4.79 Å². The molecule has 0 aliphatic heterocycles. The van der Waals surface area contributed by atoms with Crippen molar-refractivity contribution in [1.29, 1.82) is 0 Å². The van der Waals surface area contributed by atoms with Crippen molar-refractivity contribution in [3.05, 3.63) is 107 Å². The first-order chi connectivity index (χ1) is 16.1. The number of rotatable bonds is 9. The first-order valence-electron chi connectivity index (χ1n) is 11.0. The van der Waals surface area contributed by atoms with Gasteiger partial charge in [0, 0.05) is 34.7 Å². The molecule has 0 saturated carbocycles. The number of benzene rings is 3. The maximum absolute atomic E-state index is 13.2. The fourth-order valence-electron chi connectivity index (χ4n) is 3.68. The molecule has 1 amide bonds. The van der Waals surface area contributed by atoms with E-state index in [0.29, 0.717) is 6.54 Å². The third-order valence-corrected chi connectivity index (χ3v) is 5.75. The van der Waals surface area contributed by atoms with Crippen LogP contribution in [-0.4, -0.2) is 29.0 Å². The Labute approximate surface area is 199 Å². The molecule has 5 nitrogen and oxygen atoms in total. The van der Waals surface area contributed by atoms with Crippen molar-refractivity contribution in [2.45, 2.75) is 19.3 Å². The number of carbonyl (C=O) groups is 1. The van der Waals surface area contributed by atoms with Gasteiger partial charge < -0.3 is 15.6 Å². The topological polar surface area (TPSA) is 69.8 Å². The summed E-state index contributed by atoms with van der Waals surface area (Å²) in [6.45, 7) is 3.29. The molecule has 3 aromatic carbocycles. The van der Waals surface area contributed by atoms with Crippen molar-refractivity contribution in [2.75, 3.05) is 18.4 Å². The molecule has 1 aromatic heterocycles. The molecule has 0 fully saturated rings. The van der Waals surface area contributed by atoms with Gasteiger partial charge in [0.15, 0.2) is 0 Å². The number of aromatic nitrogens is 2. The van der Waals surface area contributed by atoms with Crippen molar-refractivity contribution in [3.8, 4) is 11.4 Å². The Hall–Kier alpha value is -3.41. The number of aromatic amines is 1. The second-order valence-corrected chi connectivity index (χ2v) is 8.46. The third kappa shape index (κ3) is 6.31. The van der Waals surface area contributed by atoms with Crippen LogP contribution in [0.3, 0.4) is 0 Å². The Morgan fingerprint density at radius 1 is 1.00 bits per heavy atom. The molecule has 1 unspecified atom stereocenters. The molecule has 168 valence electrons. The number of carbonyl (C=O) groups excluding carboxylic acids is 1. The molecule has 4 aromatic rings. The van der Waals surface area contributed by atoms with Gasteiger partial charge in [-0.15, -0.1) is 0 Å². The maximum Gasteiger partial charge on any atom is 0.233 e. The standard InChI is InChI=1S/C27H27ClN4O/c1-19-17-30-26(31-19)22-9-13-24(14-10-22)32-27(33)25(21-5-3-2-4-6-21)18-29-16-15-20-7-11-23(28)12-8-20/h2-14,17,25,29H,15-16,18H2,1H3,(H,30,31)(H,32,33). The predicted octanol–water partition coefficient (Wildman–Crippen LogP) is 5.59. The highest BCUT2D eigenvalue weighted by Crippen LogP contribution is 2.21. The summed E-state index contributed by atoms with van der Waals surface area (Å²) < 4.78 is 0. The lowest BCUT2D eigenvalue weighted by Gasteiger charge is -2.18. The lowest BCUT2D eigenvalue weighted by Crippen LogP contribution is -2.31. The van der Waals surface area contributed by atoms with Gasteiger partial charge in [0.2, 0.25) is 5.91 Å². The number of nitrogens with zero attached hydrogens (tertiary/aromatic N) is 1. The Balaban J connectivity index is 1.38. The molecule has 0 bridgehead atoms. The number of amides is 1. The highest BCUT2D eigenvalue weighted by Gasteiger charge is 2.20. The summed E-state index contributed by atoms with van der Waals surface area (Å²) >= 11 is 5.96. The largest absolute Gasteiger partial charge is 0.342 e.